The number of anilines is 1. The summed E-state index contributed by atoms with van der Waals surface area (Å²) >= 11 is 0. The van der Waals surface area contributed by atoms with E-state index >= 15 is 0 Å². The van der Waals surface area contributed by atoms with E-state index in [0.29, 0.717) is 12.4 Å². The molecule has 0 saturated heterocycles. The van der Waals surface area contributed by atoms with E-state index in [4.69, 9.17) is 10.5 Å². The Bertz CT molecular complexity index is 1460. The molecule has 0 spiro atoms. The summed E-state index contributed by atoms with van der Waals surface area (Å²) in [5, 5.41) is 0. The van der Waals surface area contributed by atoms with E-state index in [1.807, 2.05) is 60.4 Å². The molecule has 0 fully saturated rings. The number of pyridine rings is 1. The number of nitrogen functional groups attached to an aromatic ring is 1. The lowest BCUT2D eigenvalue weighted by atomic mass is 10.1. The predicted octanol–water partition coefficient (Wildman–Crippen LogP) is 3.59. The highest BCUT2D eigenvalue weighted by Gasteiger charge is 2.18. The number of carbonyl (C=O) groups is 1. The van der Waals surface area contributed by atoms with Crippen molar-refractivity contribution in [1.29, 1.82) is 0 Å². The van der Waals surface area contributed by atoms with Crippen LogP contribution >= 0.6 is 0 Å². The third-order valence-electron chi connectivity index (χ3n) is 5.34. The van der Waals surface area contributed by atoms with E-state index in [9.17, 15) is 13.2 Å². The molecule has 176 valence electrons. The number of hydrogen-bond acceptors (Lipinski definition) is 7. The van der Waals surface area contributed by atoms with Crippen molar-refractivity contribution in [3.63, 3.8) is 0 Å². The zero-order valence-electron chi connectivity index (χ0n) is 19.1. The SMILES string of the molecule is Cc1ccc(S(=O)(=O)NC(=O)OCCc2ccc(-n3c(N)nc4c(C)nc(C)cc43)cc2)cc1. The summed E-state index contributed by atoms with van der Waals surface area (Å²) in [6.45, 7) is 5.69. The van der Waals surface area contributed by atoms with Crippen molar-refractivity contribution in [3.05, 3.63) is 77.1 Å². The van der Waals surface area contributed by atoms with E-state index < -0.39 is 16.1 Å². The van der Waals surface area contributed by atoms with Crippen LogP contribution in [0.2, 0.25) is 0 Å². The second kappa shape index (κ2) is 9.14. The molecule has 34 heavy (non-hydrogen) atoms. The molecule has 2 aromatic carbocycles. The molecule has 9 nitrogen and oxygen atoms in total. The minimum atomic E-state index is -3.98. The monoisotopic (exact) mass is 479 g/mol. The molecule has 1 amide bonds. The summed E-state index contributed by atoms with van der Waals surface area (Å²) in [5.74, 6) is 0.369. The maximum absolute atomic E-state index is 12.3. The average molecular weight is 480 g/mol. The Kier molecular flexibility index (Phi) is 6.25. The number of nitrogens with two attached hydrogens (primary N) is 1. The number of fused-ring (bicyclic) bond motifs is 1. The fourth-order valence-electron chi connectivity index (χ4n) is 3.66. The van der Waals surface area contributed by atoms with Gasteiger partial charge in [-0.2, -0.15) is 0 Å². The molecule has 4 rings (SSSR count). The van der Waals surface area contributed by atoms with Crippen LogP contribution in [-0.4, -0.2) is 35.7 Å². The number of aromatic nitrogens is 3. The van der Waals surface area contributed by atoms with Crippen molar-refractivity contribution < 1.29 is 17.9 Å². The molecular weight excluding hydrogens is 454 g/mol. The molecule has 3 N–H and O–H groups in total. The summed E-state index contributed by atoms with van der Waals surface area (Å²) in [5.41, 5.74) is 12.2. The number of imidazole rings is 1. The molecule has 0 atom stereocenters. The normalized spacial score (nSPS) is 11.5. The average Bonchev–Trinajstić information content (AvgIpc) is 3.10. The van der Waals surface area contributed by atoms with Gasteiger partial charge >= 0.3 is 6.09 Å². The van der Waals surface area contributed by atoms with Gasteiger partial charge in [-0.05, 0) is 56.7 Å². The van der Waals surface area contributed by atoms with Gasteiger partial charge in [-0.25, -0.2) is 22.9 Å². The Balaban J connectivity index is 1.39. The van der Waals surface area contributed by atoms with Gasteiger partial charge < -0.3 is 10.5 Å². The topological polar surface area (TPSA) is 129 Å². The Morgan fingerprint density at radius 2 is 1.71 bits per heavy atom. The Morgan fingerprint density at radius 3 is 2.38 bits per heavy atom. The number of hydrogen-bond donors (Lipinski definition) is 2. The number of amides is 1. The van der Waals surface area contributed by atoms with E-state index in [0.717, 1.165) is 39.2 Å². The lowest BCUT2D eigenvalue weighted by Gasteiger charge is -2.10. The molecule has 10 heteroatoms. The number of aryl methyl sites for hydroxylation is 3. The highest BCUT2D eigenvalue weighted by Crippen LogP contribution is 2.25. The van der Waals surface area contributed by atoms with Crippen LogP contribution < -0.4 is 10.5 Å². The van der Waals surface area contributed by atoms with Crippen molar-refractivity contribution in [3.8, 4) is 5.69 Å². The highest BCUT2D eigenvalue weighted by atomic mass is 32.2. The van der Waals surface area contributed by atoms with Crippen LogP contribution in [0, 0.1) is 20.8 Å². The molecule has 4 aromatic rings. The quantitative estimate of drug-likeness (QED) is 0.432. The summed E-state index contributed by atoms with van der Waals surface area (Å²) in [4.78, 5) is 20.9. The van der Waals surface area contributed by atoms with Crippen molar-refractivity contribution >= 4 is 33.1 Å². The summed E-state index contributed by atoms with van der Waals surface area (Å²) < 4.78 is 33.4. The first kappa shape index (κ1) is 23.2. The maximum Gasteiger partial charge on any atom is 0.421 e. The highest BCUT2D eigenvalue weighted by molar-refractivity contribution is 7.90. The fourth-order valence-corrected chi connectivity index (χ4v) is 4.55. The lowest BCUT2D eigenvalue weighted by Crippen LogP contribution is -2.31. The fraction of sp³-hybridized carbons (Fsp3) is 0.208. The second-order valence-corrected chi connectivity index (χ2v) is 9.68. The predicted molar refractivity (Wildman–Crippen MR) is 129 cm³/mol. The standard InChI is InChI=1S/C24H25N5O4S/c1-15-4-10-20(11-5-15)34(31,32)28-24(30)33-13-12-18-6-8-19(9-7-18)29-21-14-16(2)26-17(3)22(21)27-23(29)25/h4-11,14H,12-13H2,1-3H3,(H2,25,27)(H,28,30). The van der Waals surface area contributed by atoms with Crippen molar-refractivity contribution in [1.82, 2.24) is 19.3 Å². The minimum absolute atomic E-state index is 0.00175. The minimum Gasteiger partial charge on any atom is -0.448 e. The van der Waals surface area contributed by atoms with E-state index in [-0.39, 0.29) is 11.5 Å². The van der Waals surface area contributed by atoms with Crippen LogP contribution in [-0.2, 0) is 21.2 Å². The van der Waals surface area contributed by atoms with Crippen LogP contribution in [0.1, 0.15) is 22.5 Å². The molecule has 0 aliphatic rings. The molecule has 0 aliphatic carbocycles. The Morgan fingerprint density at radius 1 is 1.03 bits per heavy atom. The zero-order chi connectivity index (χ0) is 24.5. The van der Waals surface area contributed by atoms with Gasteiger partial charge in [0.2, 0.25) is 5.95 Å². The number of carbonyl (C=O) groups excluding carboxylic acids is 1. The number of sulfonamides is 1. The third-order valence-corrected chi connectivity index (χ3v) is 6.67. The Labute approximate surface area is 197 Å². The van der Waals surface area contributed by atoms with Gasteiger partial charge in [-0.1, -0.05) is 29.8 Å². The molecule has 2 heterocycles. The van der Waals surface area contributed by atoms with E-state index in [1.165, 1.54) is 12.1 Å². The first-order valence-electron chi connectivity index (χ1n) is 10.6. The molecule has 0 saturated carbocycles. The molecule has 0 bridgehead atoms. The molecular formula is C24H25N5O4S. The molecule has 0 radical (unpaired) electrons. The number of ether oxygens (including phenoxy) is 1. The van der Waals surface area contributed by atoms with E-state index in [2.05, 4.69) is 9.97 Å². The van der Waals surface area contributed by atoms with Gasteiger partial charge in [0.15, 0.2) is 0 Å². The number of benzene rings is 2. The lowest BCUT2D eigenvalue weighted by molar-refractivity contribution is 0.154. The largest absolute Gasteiger partial charge is 0.448 e. The number of nitrogens with one attached hydrogen (secondary N) is 1. The van der Waals surface area contributed by atoms with Gasteiger partial charge in [0.05, 0.1) is 22.7 Å². The number of rotatable bonds is 6. The number of nitrogens with zero attached hydrogens (tertiary/aromatic N) is 3. The maximum atomic E-state index is 12.3. The van der Waals surface area contributed by atoms with Crippen molar-refractivity contribution in [2.24, 2.45) is 0 Å². The van der Waals surface area contributed by atoms with Gasteiger partial charge in [-0.3, -0.25) is 9.55 Å². The second-order valence-electron chi connectivity index (χ2n) is 7.99. The summed E-state index contributed by atoms with van der Waals surface area (Å²) in [6.07, 6.45) is -0.602. The molecule has 2 aromatic heterocycles. The van der Waals surface area contributed by atoms with Gasteiger partial charge in [-0.15, -0.1) is 0 Å². The summed E-state index contributed by atoms with van der Waals surface area (Å²) in [7, 11) is -3.98. The van der Waals surface area contributed by atoms with Crippen LogP contribution in [0.4, 0.5) is 10.7 Å². The van der Waals surface area contributed by atoms with Gasteiger partial charge in [0.1, 0.15) is 5.52 Å². The first-order chi connectivity index (χ1) is 16.1. The third kappa shape index (κ3) is 4.86. The molecule has 0 unspecified atom stereocenters. The Hall–Kier alpha value is -3.92. The first-order valence-corrected chi connectivity index (χ1v) is 12.1. The van der Waals surface area contributed by atoms with Crippen LogP contribution in [0.25, 0.3) is 16.7 Å². The zero-order valence-corrected chi connectivity index (χ0v) is 19.9. The van der Waals surface area contributed by atoms with Crippen LogP contribution in [0.5, 0.6) is 0 Å². The van der Waals surface area contributed by atoms with Crippen LogP contribution in [0.3, 0.4) is 0 Å². The van der Waals surface area contributed by atoms with Crippen LogP contribution in [0.15, 0.2) is 59.5 Å². The van der Waals surface area contributed by atoms with Crippen molar-refractivity contribution in [2.45, 2.75) is 32.1 Å². The molecule has 0 aliphatic heterocycles. The summed E-state index contributed by atoms with van der Waals surface area (Å²) in [6, 6.07) is 15.7. The van der Waals surface area contributed by atoms with Gasteiger partial charge in [0, 0.05) is 17.8 Å². The van der Waals surface area contributed by atoms with E-state index in [1.54, 1.807) is 12.1 Å². The van der Waals surface area contributed by atoms with Gasteiger partial charge in [0.25, 0.3) is 10.0 Å². The smallest absolute Gasteiger partial charge is 0.421 e. The van der Waals surface area contributed by atoms with Crippen molar-refractivity contribution in [2.75, 3.05) is 12.3 Å².